The lowest BCUT2D eigenvalue weighted by molar-refractivity contribution is 0.656. The number of hydrogen-bond donors (Lipinski definition) is 0. The number of fused-ring (bicyclic) bond motifs is 4. The van der Waals surface area contributed by atoms with Gasteiger partial charge in [-0.2, -0.15) is 0 Å². The van der Waals surface area contributed by atoms with Crippen molar-refractivity contribution in [2.45, 2.75) is 0 Å². The molecular formula is C41H26N4O. The number of nitrogens with zero attached hydrogens (tertiary/aromatic N) is 4. The molecule has 1 aliphatic rings. The number of benzene rings is 5. The summed E-state index contributed by atoms with van der Waals surface area (Å²) in [5, 5.41) is 3.18. The van der Waals surface area contributed by atoms with E-state index in [1.807, 2.05) is 42.5 Å². The molecule has 0 aliphatic carbocycles. The van der Waals surface area contributed by atoms with Gasteiger partial charge in [0.1, 0.15) is 5.58 Å². The minimum absolute atomic E-state index is 0.661. The molecule has 0 amide bonds. The molecule has 8 aromatic rings. The summed E-state index contributed by atoms with van der Waals surface area (Å²) in [4.78, 5) is 19.3. The second kappa shape index (κ2) is 10.8. The van der Waals surface area contributed by atoms with Crippen LogP contribution in [0, 0.1) is 0 Å². The predicted octanol–water partition coefficient (Wildman–Crippen LogP) is 9.95. The zero-order valence-electron chi connectivity index (χ0n) is 24.8. The van der Waals surface area contributed by atoms with Gasteiger partial charge in [-0.25, -0.2) is 15.0 Å². The molecule has 4 heterocycles. The van der Waals surface area contributed by atoms with Crippen LogP contribution in [-0.4, -0.2) is 27.2 Å². The van der Waals surface area contributed by atoms with Crippen molar-refractivity contribution in [3.05, 3.63) is 151 Å². The highest BCUT2D eigenvalue weighted by molar-refractivity contribution is 6.10. The van der Waals surface area contributed by atoms with Crippen molar-refractivity contribution in [1.29, 1.82) is 0 Å². The van der Waals surface area contributed by atoms with E-state index in [-0.39, 0.29) is 0 Å². The van der Waals surface area contributed by atoms with Crippen LogP contribution < -0.4 is 0 Å². The number of pyridine rings is 1. The van der Waals surface area contributed by atoms with E-state index in [0.29, 0.717) is 11.5 Å². The molecule has 5 nitrogen and oxygen atoms in total. The van der Waals surface area contributed by atoms with Gasteiger partial charge in [-0.05, 0) is 53.1 Å². The summed E-state index contributed by atoms with van der Waals surface area (Å²) in [6.07, 6.45) is 4.14. The van der Waals surface area contributed by atoms with Crippen molar-refractivity contribution < 1.29 is 4.42 Å². The Balaban J connectivity index is 1.09. The average Bonchev–Trinajstić information content (AvgIpc) is 3.79. The first kappa shape index (κ1) is 26.2. The highest BCUT2D eigenvalue weighted by atomic mass is 16.3. The van der Waals surface area contributed by atoms with Crippen LogP contribution in [0.3, 0.4) is 0 Å². The van der Waals surface area contributed by atoms with E-state index in [4.69, 9.17) is 19.4 Å². The average molecular weight is 591 g/mol. The minimum atomic E-state index is 0.661. The molecule has 0 spiro atoms. The molecule has 0 bridgehead atoms. The number of aliphatic imine (C=N–C) groups is 1. The first-order valence-corrected chi connectivity index (χ1v) is 15.3. The summed E-state index contributed by atoms with van der Waals surface area (Å²) >= 11 is 0. The number of rotatable bonds is 5. The monoisotopic (exact) mass is 590 g/mol. The lowest BCUT2D eigenvalue weighted by Crippen LogP contribution is -1.97. The van der Waals surface area contributed by atoms with Crippen LogP contribution in [0.4, 0.5) is 0 Å². The van der Waals surface area contributed by atoms with Crippen LogP contribution in [-0.2, 0) is 0 Å². The molecule has 1 aliphatic heterocycles. The summed E-state index contributed by atoms with van der Waals surface area (Å²) in [6, 6.07) is 45.9. The fourth-order valence-corrected chi connectivity index (χ4v) is 6.14. The molecular weight excluding hydrogens is 564 g/mol. The van der Waals surface area contributed by atoms with Gasteiger partial charge in [-0.15, -0.1) is 0 Å². The summed E-state index contributed by atoms with van der Waals surface area (Å²) < 4.78 is 6.12. The summed E-state index contributed by atoms with van der Waals surface area (Å²) in [5.41, 5.74) is 11.6. The third-order valence-corrected chi connectivity index (χ3v) is 8.56. The Bertz CT molecular complexity index is 2470. The second-order valence-corrected chi connectivity index (χ2v) is 11.5. The van der Waals surface area contributed by atoms with Crippen LogP contribution >= 0.6 is 0 Å². The Hall–Kier alpha value is -6.20. The molecule has 0 fully saturated rings. The maximum absolute atomic E-state index is 6.12. The smallest absolute Gasteiger partial charge is 0.227 e. The first-order valence-electron chi connectivity index (χ1n) is 15.3. The fraction of sp³-hybridized carbons (Fsp3) is 0.0244. The van der Waals surface area contributed by atoms with Crippen molar-refractivity contribution in [2.24, 2.45) is 4.99 Å². The maximum atomic E-state index is 6.12. The van der Waals surface area contributed by atoms with Gasteiger partial charge in [0.15, 0.2) is 5.82 Å². The minimum Gasteiger partial charge on any atom is -0.438 e. The molecule has 0 unspecified atom stereocenters. The Morgan fingerprint density at radius 1 is 0.500 bits per heavy atom. The molecule has 0 radical (unpaired) electrons. The molecule has 5 heteroatoms. The van der Waals surface area contributed by atoms with Gasteiger partial charge in [0.05, 0.1) is 29.2 Å². The highest BCUT2D eigenvalue weighted by Gasteiger charge is 2.14. The predicted molar refractivity (Wildman–Crippen MR) is 187 cm³/mol. The SMILES string of the molecule is C1=CC(c2ccc(-c3nc(-c4ccccc4)cc(-c4ccc(-c5ccc6oc7nc8ccccc8cc7c6c5)cc4)n3)cc2)=NC1. The highest BCUT2D eigenvalue weighted by Crippen LogP contribution is 2.34. The molecule has 0 saturated heterocycles. The van der Waals surface area contributed by atoms with Crippen LogP contribution in [0.1, 0.15) is 5.56 Å². The lowest BCUT2D eigenvalue weighted by Gasteiger charge is -2.10. The van der Waals surface area contributed by atoms with Gasteiger partial charge in [0.2, 0.25) is 5.71 Å². The van der Waals surface area contributed by atoms with E-state index in [2.05, 4.69) is 108 Å². The molecule has 0 saturated carbocycles. The van der Waals surface area contributed by atoms with E-state index >= 15 is 0 Å². The van der Waals surface area contributed by atoms with E-state index < -0.39 is 0 Å². The fourth-order valence-electron chi connectivity index (χ4n) is 6.14. The zero-order chi connectivity index (χ0) is 30.5. The molecule has 0 atom stereocenters. The van der Waals surface area contributed by atoms with E-state index in [9.17, 15) is 0 Å². The summed E-state index contributed by atoms with van der Waals surface area (Å²) in [7, 11) is 0. The summed E-state index contributed by atoms with van der Waals surface area (Å²) in [5.74, 6) is 0.689. The van der Waals surface area contributed by atoms with E-state index in [1.54, 1.807) is 0 Å². The van der Waals surface area contributed by atoms with Gasteiger partial charge in [0.25, 0.3) is 0 Å². The van der Waals surface area contributed by atoms with Gasteiger partial charge < -0.3 is 4.42 Å². The molecule has 0 N–H and O–H groups in total. The Labute approximate surface area is 265 Å². The standard InChI is InChI=1S/C41H26N4O/c1-2-7-27(8-3-1)37-25-38(44-40(43-37)30-18-16-28(17-19-30)35-11-6-22-42-35)29-14-12-26(13-15-29)31-20-21-39-33(23-31)34-24-32-9-4-5-10-36(32)45-41(34)46-39/h1-21,23-25H,22H2. The maximum Gasteiger partial charge on any atom is 0.227 e. The van der Waals surface area contributed by atoms with E-state index in [0.717, 1.165) is 84.3 Å². The van der Waals surface area contributed by atoms with Gasteiger partial charge in [-0.1, -0.05) is 109 Å². The second-order valence-electron chi connectivity index (χ2n) is 11.5. The number of furan rings is 1. The number of allylic oxidation sites excluding steroid dienone is 1. The van der Waals surface area contributed by atoms with Crippen molar-refractivity contribution in [3.63, 3.8) is 0 Å². The van der Waals surface area contributed by atoms with Gasteiger partial charge in [-0.3, -0.25) is 4.99 Å². The topological polar surface area (TPSA) is 64.2 Å². The Kier molecular flexibility index (Phi) is 6.13. The molecule has 216 valence electrons. The molecule has 9 rings (SSSR count). The summed E-state index contributed by atoms with van der Waals surface area (Å²) in [6.45, 7) is 0.741. The van der Waals surface area contributed by atoms with Crippen LogP contribution in [0.25, 0.3) is 78.0 Å². The zero-order valence-corrected chi connectivity index (χ0v) is 24.8. The van der Waals surface area contributed by atoms with Crippen LogP contribution in [0.15, 0.2) is 155 Å². The lowest BCUT2D eigenvalue weighted by atomic mass is 10.00. The van der Waals surface area contributed by atoms with Crippen molar-refractivity contribution >= 4 is 38.7 Å². The van der Waals surface area contributed by atoms with Crippen LogP contribution in [0.5, 0.6) is 0 Å². The third kappa shape index (κ3) is 4.66. The van der Waals surface area contributed by atoms with Crippen molar-refractivity contribution in [3.8, 4) is 45.0 Å². The largest absolute Gasteiger partial charge is 0.438 e. The van der Waals surface area contributed by atoms with Crippen molar-refractivity contribution in [1.82, 2.24) is 15.0 Å². The van der Waals surface area contributed by atoms with Gasteiger partial charge in [0, 0.05) is 32.8 Å². The molecule has 3 aromatic heterocycles. The first-order chi connectivity index (χ1) is 22.7. The number of aromatic nitrogens is 3. The molecule has 46 heavy (non-hydrogen) atoms. The Morgan fingerprint density at radius 2 is 1.17 bits per heavy atom. The number of para-hydroxylation sites is 1. The Morgan fingerprint density at radius 3 is 1.96 bits per heavy atom. The number of hydrogen-bond acceptors (Lipinski definition) is 5. The quantitative estimate of drug-likeness (QED) is 0.200. The molecule has 5 aromatic carbocycles. The normalized spacial score (nSPS) is 12.7. The van der Waals surface area contributed by atoms with E-state index in [1.165, 1.54) is 0 Å². The van der Waals surface area contributed by atoms with Crippen molar-refractivity contribution in [2.75, 3.05) is 6.54 Å². The van der Waals surface area contributed by atoms with Gasteiger partial charge >= 0.3 is 0 Å². The third-order valence-electron chi connectivity index (χ3n) is 8.56. The van der Waals surface area contributed by atoms with Crippen LogP contribution in [0.2, 0.25) is 0 Å².